The van der Waals surface area contributed by atoms with Crippen LogP contribution in [0.15, 0.2) is 65.4 Å². The first-order valence-corrected chi connectivity index (χ1v) is 8.91. The molecule has 3 heterocycles. The van der Waals surface area contributed by atoms with Gasteiger partial charge in [0, 0.05) is 6.20 Å². The van der Waals surface area contributed by atoms with Crippen LogP contribution >= 0.6 is 11.3 Å². The Labute approximate surface area is 150 Å². The number of hydrogen-bond acceptors (Lipinski definition) is 5. The summed E-state index contributed by atoms with van der Waals surface area (Å²) in [4.78, 5) is 5.69. The van der Waals surface area contributed by atoms with E-state index in [4.69, 9.17) is 9.52 Å². The van der Waals surface area contributed by atoms with Crippen LogP contribution in [-0.4, -0.2) is 14.8 Å². The molecule has 0 aliphatic heterocycles. The van der Waals surface area contributed by atoms with Crippen LogP contribution in [0.25, 0.3) is 10.6 Å². The van der Waals surface area contributed by atoms with Crippen LogP contribution in [0, 0.1) is 6.92 Å². The molecule has 0 bridgehead atoms. The molecule has 5 nitrogen and oxygen atoms in total. The first-order chi connectivity index (χ1) is 12.3. The van der Waals surface area contributed by atoms with Gasteiger partial charge in [0.15, 0.2) is 5.13 Å². The molecule has 4 aromatic rings. The lowest BCUT2D eigenvalue weighted by atomic mass is 10.2. The van der Waals surface area contributed by atoms with Crippen molar-refractivity contribution in [2.45, 2.75) is 20.0 Å². The summed E-state index contributed by atoms with van der Waals surface area (Å²) in [6.45, 7) is 3.41. The average molecular weight is 350 g/mol. The predicted octanol–water partition coefficient (Wildman–Crippen LogP) is 4.57. The van der Waals surface area contributed by atoms with Gasteiger partial charge in [-0.05, 0) is 30.7 Å². The fourth-order valence-corrected chi connectivity index (χ4v) is 3.55. The lowest BCUT2D eigenvalue weighted by Gasteiger charge is -2.01. The van der Waals surface area contributed by atoms with Gasteiger partial charge in [-0.15, -0.1) is 0 Å². The normalized spacial score (nSPS) is 10.9. The summed E-state index contributed by atoms with van der Waals surface area (Å²) in [5.74, 6) is 0.890. The minimum atomic E-state index is 0.627. The van der Waals surface area contributed by atoms with Crippen molar-refractivity contribution in [2.75, 3.05) is 5.32 Å². The Kier molecular flexibility index (Phi) is 4.35. The maximum absolute atomic E-state index is 5.34. The number of benzene rings is 1. The number of aryl methyl sites for hydroxylation is 1. The summed E-state index contributed by atoms with van der Waals surface area (Å²) in [6.07, 6.45) is 3.69. The van der Waals surface area contributed by atoms with Crippen molar-refractivity contribution in [3.05, 3.63) is 78.0 Å². The van der Waals surface area contributed by atoms with Crippen molar-refractivity contribution >= 4 is 16.5 Å². The molecule has 126 valence electrons. The molecule has 0 fully saturated rings. The molecule has 0 aliphatic carbocycles. The summed E-state index contributed by atoms with van der Waals surface area (Å²) in [5, 5.41) is 8.88. The van der Waals surface area contributed by atoms with Crippen molar-refractivity contribution in [1.29, 1.82) is 0 Å². The Balaban J connectivity index is 1.48. The highest BCUT2D eigenvalue weighted by molar-refractivity contribution is 7.19. The number of hydrogen-bond donors (Lipinski definition) is 1. The molecule has 25 heavy (non-hydrogen) atoms. The van der Waals surface area contributed by atoms with Crippen molar-refractivity contribution < 1.29 is 4.42 Å². The number of nitrogens with one attached hydrogen (secondary N) is 1. The zero-order valence-electron chi connectivity index (χ0n) is 13.8. The van der Waals surface area contributed by atoms with E-state index in [0.29, 0.717) is 6.54 Å². The van der Waals surface area contributed by atoms with E-state index < -0.39 is 0 Å². The lowest BCUT2D eigenvalue weighted by Crippen LogP contribution is -1.99. The van der Waals surface area contributed by atoms with Gasteiger partial charge in [0.2, 0.25) is 0 Å². The maximum atomic E-state index is 5.34. The molecule has 0 aliphatic rings. The van der Waals surface area contributed by atoms with Crippen LogP contribution in [0.4, 0.5) is 5.13 Å². The molecule has 0 atom stereocenters. The van der Waals surface area contributed by atoms with Crippen molar-refractivity contribution in [3.63, 3.8) is 0 Å². The number of thiazole rings is 1. The number of rotatable bonds is 6. The van der Waals surface area contributed by atoms with E-state index in [1.165, 1.54) is 5.56 Å². The van der Waals surface area contributed by atoms with Crippen molar-refractivity contribution in [2.24, 2.45) is 0 Å². The molecule has 0 amide bonds. The molecule has 0 saturated heterocycles. The van der Waals surface area contributed by atoms with Gasteiger partial charge < -0.3 is 9.73 Å². The molecule has 6 heteroatoms. The highest BCUT2D eigenvalue weighted by atomic mass is 32.1. The van der Waals surface area contributed by atoms with E-state index in [1.54, 1.807) is 17.6 Å². The van der Waals surface area contributed by atoms with E-state index in [9.17, 15) is 0 Å². The second-order valence-electron chi connectivity index (χ2n) is 5.75. The van der Waals surface area contributed by atoms with Gasteiger partial charge in [-0.3, -0.25) is 4.68 Å². The topological polar surface area (TPSA) is 55.9 Å². The molecule has 1 N–H and O–H groups in total. The molecule has 0 saturated carbocycles. The minimum absolute atomic E-state index is 0.627. The summed E-state index contributed by atoms with van der Waals surface area (Å²) in [5.41, 5.74) is 3.17. The van der Waals surface area contributed by atoms with Gasteiger partial charge >= 0.3 is 0 Å². The quantitative estimate of drug-likeness (QED) is 0.553. The standard InChI is InChI=1S/C19H18N4OS/c1-14-18(25-19(21-14)20-12-16-8-5-11-24-16)17-9-10-23(22-17)13-15-6-3-2-4-7-15/h2-11H,12-13H2,1H3,(H,20,21). The Hall–Kier alpha value is -2.86. The molecular weight excluding hydrogens is 332 g/mol. The fraction of sp³-hybridized carbons (Fsp3) is 0.158. The molecule has 3 aromatic heterocycles. The van der Waals surface area contributed by atoms with E-state index in [0.717, 1.165) is 33.7 Å². The van der Waals surface area contributed by atoms with Crippen LogP contribution < -0.4 is 5.32 Å². The summed E-state index contributed by atoms with van der Waals surface area (Å²) in [6, 6.07) is 16.2. The Morgan fingerprint density at radius 3 is 2.80 bits per heavy atom. The highest BCUT2D eigenvalue weighted by Crippen LogP contribution is 2.31. The lowest BCUT2D eigenvalue weighted by molar-refractivity contribution is 0.518. The third-order valence-electron chi connectivity index (χ3n) is 3.85. The first-order valence-electron chi connectivity index (χ1n) is 8.09. The Bertz CT molecular complexity index is 941. The zero-order chi connectivity index (χ0) is 17.1. The van der Waals surface area contributed by atoms with Crippen molar-refractivity contribution in [3.8, 4) is 10.6 Å². The predicted molar refractivity (Wildman–Crippen MR) is 99.7 cm³/mol. The van der Waals surface area contributed by atoms with E-state index in [-0.39, 0.29) is 0 Å². The second kappa shape index (κ2) is 6.94. The Morgan fingerprint density at radius 2 is 2.00 bits per heavy atom. The molecule has 0 unspecified atom stereocenters. The van der Waals surface area contributed by atoms with Gasteiger partial charge in [-0.1, -0.05) is 41.7 Å². The van der Waals surface area contributed by atoms with Crippen LogP contribution in [0.5, 0.6) is 0 Å². The molecular formula is C19H18N4OS. The average Bonchev–Trinajstić information content (AvgIpc) is 3.35. The largest absolute Gasteiger partial charge is 0.467 e. The van der Waals surface area contributed by atoms with Gasteiger partial charge in [-0.25, -0.2) is 4.98 Å². The maximum Gasteiger partial charge on any atom is 0.183 e. The highest BCUT2D eigenvalue weighted by Gasteiger charge is 2.12. The molecule has 0 spiro atoms. The van der Waals surface area contributed by atoms with Crippen LogP contribution in [0.1, 0.15) is 17.0 Å². The Morgan fingerprint density at radius 1 is 1.12 bits per heavy atom. The van der Waals surface area contributed by atoms with Gasteiger partial charge in [-0.2, -0.15) is 5.10 Å². The SMILES string of the molecule is Cc1nc(NCc2ccco2)sc1-c1ccn(Cc2ccccc2)n1. The summed E-state index contributed by atoms with van der Waals surface area (Å²) >= 11 is 1.61. The smallest absolute Gasteiger partial charge is 0.183 e. The minimum Gasteiger partial charge on any atom is -0.467 e. The zero-order valence-corrected chi connectivity index (χ0v) is 14.7. The first kappa shape index (κ1) is 15.7. The number of aromatic nitrogens is 3. The van der Waals surface area contributed by atoms with Gasteiger partial charge in [0.05, 0.1) is 29.9 Å². The van der Waals surface area contributed by atoms with E-state index >= 15 is 0 Å². The van der Waals surface area contributed by atoms with Gasteiger partial charge in [0.1, 0.15) is 11.5 Å². The van der Waals surface area contributed by atoms with E-state index in [1.807, 2.05) is 54.2 Å². The summed E-state index contributed by atoms with van der Waals surface area (Å²) < 4.78 is 7.29. The third-order valence-corrected chi connectivity index (χ3v) is 4.99. The number of furan rings is 1. The third kappa shape index (κ3) is 3.64. The van der Waals surface area contributed by atoms with Crippen LogP contribution in [0.2, 0.25) is 0 Å². The molecule has 4 rings (SSSR count). The monoisotopic (exact) mass is 350 g/mol. The summed E-state index contributed by atoms with van der Waals surface area (Å²) in [7, 11) is 0. The molecule has 1 aromatic carbocycles. The van der Waals surface area contributed by atoms with Crippen molar-refractivity contribution in [1.82, 2.24) is 14.8 Å². The fourth-order valence-electron chi connectivity index (χ4n) is 2.63. The number of anilines is 1. The number of nitrogens with zero attached hydrogens (tertiary/aromatic N) is 3. The molecule has 0 radical (unpaired) electrons. The van der Waals surface area contributed by atoms with Crippen LogP contribution in [-0.2, 0) is 13.1 Å². The van der Waals surface area contributed by atoms with E-state index in [2.05, 4.69) is 22.4 Å². The van der Waals surface area contributed by atoms with Gasteiger partial charge in [0.25, 0.3) is 0 Å². The van der Waals surface area contributed by atoms with Crippen LogP contribution in [0.3, 0.4) is 0 Å². The second-order valence-corrected chi connectivity index (χ2v) is 6.75.